The molecule has 0 spiro atoms. The van der Waals surface area contributed by atoms with Crippen molar-refractivity contribution >= 4 is 17.3 Å². The van der Waals surface area contributed by atoms with E-state index in [1.54, 1.807) is 6.07 Å². The van der Waals surface area contributed by atoms with Crippen molar-refractivity contribution < 1.29 is 5.11 Å². The number of rotatable bonds is 3. The van der Waals surface area contributed by atoms with E-state index in [2.05, 4.69) is 11.4 Å². The van der Waals surface area contributed by atoms with Crippen molar-refractivity contribution in [1.29, 1.82) is 5.26 Å². The van der Waals surface area contributed by atoms with E-state index in [1.165, 1.54) is 6.42 Å². The number of halogens is 1. The minimum absolute atomic E-state index is 0.0877. The highest BCUT2D eigenvalue weighted by Crippen LogP contribution is 2.33. The number of nitrogens with zero attached hydrogens (tertiary/aromatic N) is 1. The van der Waals surface area contributed by atoms with Gasteiger partial charge in [0.05, 0.1) is 28.4 Å². The van der Waals surface area contributed by atoms with Gasteiger partial charge in [-0.1, -0.05) is 36.9 Å². The van der Waals surface area contributed by atoms with Crippen molar-refractivity contribution in [1.82, 2.24) is 0 Å². The quantitative estimate of drug-likeness (QED) is 0.881. The molecule has 96 valence electrons. The van der Waals surface area contributed by atoms with Gasteiger partial charge in [-0.2, -0.15) is 5.26 Å². The van der Waals surface area contributed by atoms with Gasteiger partial charge in [0.2, 0.25) is 0 Å². The van der Waals surface area contributed by atoms with E-state index >= 15 is 0 Å². The Morgan fingerprint density at radius 2 is 2.06 bits per heavy atom. The van der Waals surface area contributed by atoms with E-state index in [-0.39, 0.29) is 12.1 Å². The highest BCUT2D eigenvalue weighted by Gasteiger charge is 2.31. The van der Waals surface area contributed by atoms with Crippen LogP contribution >= 0.6 is 11.6 Å². The van der Waals surface area contributed by atoms with Gasteiger partial charge in [0.15, 0.2) is 0 Å². The van der Waals surface area contributed by atoms with Gasteiger partial charge in [0, 0.05) is 0 Å². The molecule has 2 N–H and O–H groups in total. The average Bonchev–Trinajstić information content (AvgIpc) is 2.40. The molecule has 0 bridgehead atoms. The van der Waals surface area contributed by atoms with Crippen LogP contribution in [-0.4, -0.2) is 17.3 Å². The Kier molecular flexibility index (Phi) is 4.11. The van der Waals surface area contributed by atoms with Gasteiger partial charge in [-0.25, -0.2) is 0 Å². The molecule has 0 radical (unpaired) electrons. The molecule has 18 heavy (non-hydrogen) atoms. The standard InChI is InChI=1S/C14H17ClN2O/c15-12-5-4-6-13(11(12)9-16)17-14(10-18)7-2-1-3-8-14/h4-6,17-18H,1-3,7-8,10H2. The molecule has 1 aliphatic rings. The van der Waals surface area contributed by atoms with Gasteiger partial charge < -0.3 is 10.4 Å². The van der Waals surface area contributed by atoms with Gasteiger partial charge in [0.1, 0.15) is 6.07 Å². The molecule has 4 heteroatoms. The average molecular weight is 265 g/mol. The maximum Gasteiger partial charge on any atom is 0.103 e. The fraction of sp³-hybridized carbons (Fsp3) is 0.500. The molecule has 1 aromatic rings. The molecule has 0 heterocycles. The molecule has 0 aliphatic heterocycles. The molecule has 0 aromatic heterocycles. The SMILES string of the molecule is N#Cc1c(Cl)cccc1NC1(CO)CCCCC1. The van der Waals surface area contributed by atoms with Crippen molar-refractivity contribution in [2.45, 2.75) is 37.6 Å². The number of benzene rings is 1. The number of nitrogens with one attached hydrogen (secondary N) is 1. The van der Waals surface area contributed by atoms with Crippen LogP contribution < -0.4 is 5.32 Å². The molecule has 0 unspecified atom stereocenters. The zero-order chi connectivity index (χ0) is 13.0. The first-order valence-electron chi connectivity index (χ1n) is 6.28. The Morgan fingerprint density at radius 1 is 1.33 bits per heavy atom. The molecular weight excluding hydrogens is 248 g/mol. The topological polar surface area (TPSA) is 56.0 Å². The van der Waals surface area contributed by atoms with E-state index in [1.807, 2.05) is 12.1 Å². The third-order valence-corrected chi connectivity index (χ3v) is 3.95. The molecule has 1 saturated carbocycles. The smallest absolute Gasteiger partial charge is 0.103 e. The largest absolute Gasteiger partial charge is 0.394 e. The zero-order valence-corrected chi connectivity index (χ0v) is 11.0. The molecule has 2 rings (SSSR count). The van der Waals surface area contributed by atoms with Crippen LogP contribution in [-0.2, 0) is 0 Å². The summed E-state index contributed by atoms with van der Waals surface area (Å²) >= 11 is 6.01. The molecule has 0 atom stereocenters. The second-order valence-corrected chi connectivity index (χ2v) is 5.31. The molecule has 3 nitrogen and oxygen atoms in total. The predicted molar refractivity (Wildman–Crippen MR) is 72.7 cm³/mol. The number of hydrogen-bond donors (Lipinski definition) is 2. The van der Waals surface area contributed by atoms with Crippen molar-refractivity contribution in [3.05, 3.63) is 28.8 Å². The predicted octanol–water partition coefficient (Wildman–Crippen LogP) is 3.32. The van der Waals surface area contributed by atoms with Crippen LogP contribution in [0, 0.1) is 11.3 Å². The Balaban J connectivity index is 2.27. The minimum Gasteiger partial charge on any atom is -0.394 e. The Morgan fingerprint density at radius 3 is 2.67 bits per heavy atom. The lowest BCUT2D eigenvalue weighted by Crippen LogP contribution is -2.44. The lowest BCUT2D eigenvalue weighted by atomic mass is 9.82. The molecular formula is C14H17ClN2O. The van der Waals surface area contributed by atoms with Crippen molar-refractivity contribution in [3.8, 4) is 6.07 Å². The van der Waals surface area contributed by atoms with Crippen LogP contribution in [0.25, 0.3) is 0 Å². The first kappa shape index (κ1) is 13.2. The van der Waals surface area contributed by atoms with E-state index in [9.17, 15) is 5.11 Å². The van der Waals surface area contributed by atoms with Crippen LogP contribution in [0.1, 0.15) is 37.7 Å². The van der Waals surface area contributed by atoms with E-state index in [4.69, 9.17) is 16.9 Å². The zero-order valence-electron chi connectivity index (χ0n) is 10.2. The maximum absolute atomic E-state index is 9.66. The summed E-state index contributed by atoms with van der Waals surface area (Å²) in [5.74, 6) is 0. The second kappa shape index (κ2) is 5.60. The van der Waals surface area contributed by atoms with E-state index in [0.29, 0.717) is 10.6 Å². The van der Waals surface area contributed by atoms with Crippen LogP contribution in [0.2, 0.25) is 5.02 Å². The molecule has 0 amide bonds. The lowest BCUT2D eigenvalue weighted by Gasteiger charge is -2.37. The molecule has 0 saturated heterocycles. The third-order valence-electron chi connectivity index (χ3n) is 3.64. The van der Waals surface area contributed by atoms with E-state index in [0.717, 1.165) is 31.4 Å². The number of aliphatic hydroxyl groups is 1. The second-order valence-electron chi connectivity index (χ2n) is 4.90. The first-order chi connectivity index (χ1) is 8.71. The fourth-order valence-electron chi connectivity index (χ4n) is 2.58. The van der Waals surface area contributed by atoms with E-state index < -0.39 is 0 Å². The minimum atomic E-state index is -0.297. The van der Waals surface area contributed by atoms with Crippen LogP contribution in [0.15, 0.2) is 18.2 Å². The number of aliphatic hydroxyl groups excluding tert-OH is 1. The van der Waals surface area contributed by atoms with Crippen LogP contribution in [0.5, 0.6) is 0 Å². The third kappa shape index (κ3) is 2.60. The summed E-state index contributed by atoms with van der Waals surface area (Å²) in [5, 5.41) is 22.6. The normalized spacial score (nSPS) is 18.1. The molecule has 1 fully saturated rings. The molecule has 1 aromatic carbocycles. The first-order valence-corrected chi connectivity index (χ1v) is 6.66. The summed E-state index contributed by atoms with van der Waals surface area (Å²) in [6, 6.07) is 7.49. The van der Waals surface area contributed by atoms with Crippen molar-refractivity contribution in [2.75, 3.05) is 11.9 Å². The van der Waals surface area contributed by atoms with Crippen LogP contribution in [0.4, 0.5) is 5.69 Å². The summed E-state index contributed by atoms with van der Waals surface area (Å²) in [5.41, 5.74) is 0.882. The molecule has 1 aliphatic carbocycles. The van der Waals surface area contributed by atoms with Gasteiger partial charge in [-0.3, -0.25) is 0 Å². The van der Waals surface area contributed by atoms with Crippen LogP contribution in [0.3, 0.4) is 0 Å². The van der Waals surface area contributed by atoms with Crippen molar-refractivity contribution in [3.63, 3.8) is 0 Å². The van der Waals surface area contributed by atoms with Crippen molar-refractivity contribution in [2.24, 2.45) is 0 Å². The number of hydrogen-bond acceptors (Lipinski definition) is 3. The van der Waals surface area contributed by atoms with Gasteiger partial charge >= 0.3 is 0 Å². The summed E-state index contributed by atoms with van der Waals surface area (Å²) in [6.45, 7) is 0.0877. The Hall–Kier alpha value is -1.24. The van der Waals surface area contributed by atoms with Gasteiger partial charge in [0.25, 0.3) is 0 Å². The number of anilines is 1. The Bertz CT molecular complexity index is 461. The van der Waals surface area contributed by atoms with Gasteiger partial charge in [-0.15, -0.1) is 0 Å². The summed E-state index contributed by atoms with van der Waals surface area (Å²) < 4.78 is 0. The number of nitriles is 1. The summed E-state index contributed by atoms with van der Waals surface area (Å²) in [7, 11) is 0. The fourth-order valence-corrected chi connectivity index (χ4v) is 2.80. The Labute approximate surface area is 112 Å². The summed E-state index contributed by atoms with van der Waals surface area (Å²) in [6.07, 6.45) is 5.29. The maximum atomic E-state index is 9.66. The lowest BCUT2D eigenvalue weighted by molar-refractivity contribution is 0.173. The highest BCUT2D eigenvalue weighted by atomic mass is 35.5. The van der Waals surface area contributed by atoms with Gasteiger partial charge in [-0.05, 0) is 25.0 Å². The highest BCUT2D eigenvalue weighted by molar-refractivity contribution is 6.32. The monoisotopic (exact) mass is 264 g/mol. The summed E-state index contributed by atoms with van der Waals surface area (Å²) in [4.78, 5) is 0.